The lowest BCUT2D eigenvalue weighted by molar-refractivity contribution is -0.136. The molecule has 4 rings (SSSR count). The lowest BCUT2D eigenvalue weighted by atomic mass is 9.92. The molecule has 8 nitrogen and oxygen atoms in total. The van der Waals surface area contributed by atoms with Crippen LogP contribution in [0.3, 0.4) is 0 Å². The molecule has 0 saturated carbocycles. The van der Waals surface area contributed by atoms with Crippen LogP contribution in [0.5, 0.6) is 11.5 Å². The topological polar surface area (TPSA) is 80.7 Å². The van der Waals surface area contributed by atoms with Crippen molar-refractivity contribution in [2.75, 3.05) is 34.4 Å². The van der Waals surface area contributed by atoms with Crippen molar-refractivity contribution in [1.29, 1.82) is 0 Å². The van der Waals surface area contributed by atoms with E-state index in [1.165, 1.54) is 18.9 Å². The van der Waals surface area contributed by atoms with E-state index in [0.717, 1.165) is 37.2 Å². The van der Waals surface area contributed by atoms with Gasteiger partial charge in [-0.15, -0.1) is 0 Å². The van der Waals surface area contributed by atoms with Crippen LogP contribution in [0.25, 0.3) is 0 Å². The average molecular weight is 458 g/mol. The molecule has 0 spiro atoms. The van der Waals surface area contributed by atoms with Gasteiger partial charge in [-0.3, -0.25) is 4.79 Å². The molecule has 9 heteroatoms. The Morgan fingerprint density at radius 2 is 1.91 bits per heavy atom. The minimum absolute atomic E-state index is 0.0813. The summed E-state index contributed by atoms with van der Waals surface area (Å²) in [4.78, 5) is 34.3. The molecule has 0 aliphatic carbocycles. The maximum absolute atomic E-state index is 12.9. The van der Waals surface area contributed by atoms with Crippen LogP contribution in [-0.4, -0.2) is 61.3 Å². The highest BCUT2D eigenvalue weighted by Crippen LogP contribution is 2.48. The van der Waals surface area contributed by atoms with E-state index in [0.29, 0.717) is 27.9 Å². The SMILES string of the molecule is COC(=O)C1=C(C)N=C2SC=C(CC(=O)N3CCCC3)N2[C@H]1c1cccc(OC)c1OC. The van der Waals surface area contributed by atoms with Gasteiger partial charge in [-0.05, 0) is 31.2 Å². The summed E-state index contributed by atoms with van der Waals surface area (Å²) in [7, 11) is 4.50. The summed E-state index contributed by atoms with van der Waals surface area (Å²) in [6.45, 7) is 3.38. The van der Waals surface area contributed by atoms with Crippen LogP contribution >= 0.6 is 11.8 Å². The predicted molar refractivity (Wildman–Crippen MR) is 122 cm³/mol. The maximum atomic E-state index is 12.9. The Morgan fingerprint density at radius 3 is 2.56 bits per heavy atom. The number of esters is 1. The third kappa shape index (κ3) is 3.85. The Bertz CT molecular complexity index is 1030. The van der Waals surface area contributed by atoms with E-state index in [1.54, 1.807) is 27.2 Å². The number of hydrogen-bond donors (Lipinski definition) is 0. The fourth-order valence-electron chi connectivity index (χ4n) is 4.40. The monoisotopic (exact) mass is 457 g/mol. The van der Waals surface area contributed by atoms with Crippen LogP contribution in [0.15, 0.2) is 45.6 Å². The number of rotatable bonds is 6. The first-order valence-corrected chi connectivity index (χ1v) is 11.4. The first-order valence-electron chi connectivity index (χ1n) is 10.5. The average Bonchev–Trinajstić information content (AvgIpc) is 3.47. The Morgan fingerprint density at radius 1 is 1.16 bits per heavy atom. The number of carbonyl (C=O) groups excluding carboxylic acids is 2. The van der Waals surface area contributed by atoms with E-state index in [1.807, 2.05) is 27.3 Å². The van der Waals surface area contributed by atoms with Crippen LogP contribution in [0.2, 0.25) is 0 Å². The van der Waals surface area contributed by atoms with E-state index in [4.69, 9.17) is 14.2 Å². The van der Waals surface area contributed by atoms with E-state index in [-0.39, 0.29) is 12.3 Å². The van der Waals surface area contributed by atoms with Crippen molar-refractivity contribution in [1.82, 2.24) is 9.80 Å². The van der Waals surface area contributed by atoms with Gasteiger partial charge in [-0.2, -0.15) is 0 Å². The third-order valence-corrected chi connectivity index (χ3v) is 6.81. The molecule has 0 N–H and O–H groups in total. The lowest BCUT2D eigenvalue weighted by Crippen LogP contribution is -2.38. The molecule has 1 fully saturated rings. The second-order valence-corrected chi connectivity index (χ2v) is 8.57. The molecular formula is C23H27N3O5S. The van der Waals surface area contributed by atoms with Gasteiger partial charge >= 0.3 is 5.97 Å². The van der Waals surface area contributed by atoms with Crippen LogP contribution in [0, 0.1) is 0 Å². The number of likely N-dealkylation sites (tertiary alicyclic amines) is 1. The summed E-state index contributed by atoms with van der Waals surface area (Å²) in [5.41, 5.74) is 2.52. The number of para-hydroxylation sites is 1. The Kier molecular flexibility index (Phi) is 6.45. The zero-order valence-corrected chi connectivity index (χ0v) is 19.5. The Labute approximate surface area is 191 Å². The van der Waals surface area contributed by atoms with Gasteiger partial charge in [0.25, 0.3) is 0 Å². The number of allylic oxidation sites excluding steroid dienone is 1. The molecule has 1 aromatic carbocycles. The maximum Gasteiger partial charge on any atom is 0.338 e. The summed E-state index contributed by atoms with van der Waals surface area (Å²) in [5.74, 6) is 0.694. The number of amidine groups is 1. The molecule has 1 saturated heterocycles. The summed E-state index contributed by atoms with van der Waals surface area (Å²) >= 11 is 1.45. The van der Waals surface area contributed by atoms with Gasteiger partial charge in [0.15, 0.2) is 16.7 Å². The molecule has 1 amide bonds. The molecule has 0 bridgehead atoms. The van der Waals surface area contributed by atoms with Gasteiger partial charge in [-0.1, -0.05) is 23.9 Å². The van der Waals surface area contributed by atoms with Crippen molar-refractivity contribution in [2.24, 2.45) is 4.99 Å². The number of thioether (sulfide) groups is 1. The van der Waals surface area contributed by atoms with Gasteiger partial charge in [-0.25, -0.2) is 9.79 Å². The molecule has 1 aromatic rings. The second kappa shape index (κ2) is 9.28. The van der Waals surface area contributed by atoms with Crippen LogP contribution in [-0.2, 0) is 14.3 Å². The molecule has 0 aromatic heterocycles. The highest BCUT2D eigenvalue weighted by atomic mass is 32.2. The van der Waals surface area contributed by atoms with Crippen molar-refractivity contribution in [2.45, 2.75) is 32.2 Å². The largest absolute Gasteiger partial charge is 0.493 e. The highest BCUT2D eigenvalue weighted by molar-refractivity contribution is 8.16. The van der Waals surface area contributed by atoms with E-state index < -0.39 is 12.0 Å². The number of carbonyl (C=O) groups is 2. The van der Waals surface area contributed by atoms with Gasteiger partial charge in [0.2, 0.25) is 5.91 Å². The fraction of sp³-hybridized carbons (Fsp3) is 0.435. The molecule has 3 heterocycles. The van der Waals surface area contributed by atoms with Crippen LogP contribution in [0.4, 0.5) is 0 Å². The zero-order valence-electron chi connectivity index (χ0n) is 18.7. The molecule has 3 aliphatic heterocycles. The number of ether oxygens (including phenoxy) is 3. The van der Waals surface area contributed by atoms with Gasteiger partial charge in [0, 0.05) is 24.4 Å². The number of fused-ring (bicyclic) bond motifs is 1. The first-order chi connectivity index (χ1) is 15.5. The zero-order chi connectivity index (χ0) is 22.8. The first kappa shape index (κ1) is 22.3. The molecule has 0 unspecified atom stereocenters. The lowest BCUT2D eigenvalue weighted by Gasteiger charge is -2.37. The van der Waals surface area contributed by atoms with E-state index >= 15 is 0 Å². The highest BCUT2D eigenvalue weighted by Gasteiger charge is 2.42. The summed E-state index contributed by atoms with van der Waals surface area (Å²) < 4.78 is 16.3. The summed E-state index contributed by atoms with van der Waals surface area (Å²) in [5, 5.41) is 2.66. The third-order valence-electron chi connectivity index (χ3n) is 5.93. The molecule has 1 atom stereocenters. The predicted octanol–water partition coefficient (Wildman–Crippen LogP) is 3.46. The fourth-order valence-corrected chi connectivity index (χ4v) is 5.36. The Balaban J connectivity index is 1.80. The Hall–Kier alpha value is -2.94. The normalized spacial score (nSPS) is 20.1. The number of hydrogen-bond acceptors (Lipinski definition) is 8. The minimum atomic E-state index is -0.562. The quantitative estimate of drug-likeness (QED) is 0.605. The number of amides is 1. The van der Waals surface area contributed by atoms with Crippen molar-refractivity contribution in [3.63, 3.8) is 0 Å². The molecule has 32 heavy (non-hydrogen) atoms. The van der Waals surface area contributed by atoms with Gasteiger partial charge in [0.05, 0.1) is 45.1 Å². The molecular weight excluding hydrogens is 430 g/mol. The number of aliphatic imine (C=N–C) groups is 1. The van der Waals surface area contributed by atoms with Gasteiger partial charge in [0.1, 0.15) is 0 Å². The summed E-state index contributed by atoms with van der Waals surface area (Å²) in [6, 6.07) is 5.00. The second-order valence-electron chi connectivity index (χ2n) is 7.73. The smallest absolute Gasteiger partial charge is 0.338 e. The molecule has 0 radical (unpaired) electrons. The van der Waals surface area contributed by atoms with Crippen molar-refractivity contribution in [3.05, 3.63) is 46.1 Å². The van der Waals surface area contributed by atoms with Gasteiger partial charge < -0.3 is 24.0 Å². The van der Waals surface area contributed by atoms with Crippen LogP contribution < -0.4 is 9.47 Å². The van der Waals surface area contributed by atoms with Crippen LogP contribution in [0.1, 0.15) is 37.8 Å². The van der Waals surface area contributed by atoms with E-state index in [9.17, 15) is 9.59 Å². The van der Waals surface area contributed by atoms with E-state index in [2.05, 4.69) is 4.99 Å². The standard InChI is InChI=1S/C23H27N3O5S/c1-14-19(22(28)31-4)20(16-8-7-9-17(29-2)21(16)30-3)26-15(13-32-23(26)24-14)12-18(27)25-10-5-6-11-25/h7-9,13,20H,5-6,10-12H2,1-4H3/t20-/m0/s1. The number of nitrogens with zero attached hydrogens (tertiary/aromatic N) is 3. The number of methoxy groups -OCH3 is 3. The summed E-state index contributed by atoms with van der Waals surface area (Å²) in [6.07, 6.45) is 2.31. The molecule has 170 valence electrons. The van der Waals surface area contributed by atoms with Crippen molar-refractivity contribution >= 4 is 28.8 Å². The molecule has 3 aliphatic rings. The van der Waals surface area contributed by atoms with Crippen molar-refractivity contribution in [3.8, 4) is 11.5 Å². The van der Waals surface area contributed by atoms with Crippen molar-refractivity contribution < 1.29 is 23.8 Å². The minimum Gasteiger partial charge on any atom is -0.493 e. The number of benzene rings is 1.